The van der Waals surface area contributed by atoms with Gasteiger partial charge in [-0.3, -0.25) is 58.2 Å². The van der Waals surface area contributed by atoms with Crippen LogP contribution in [0.1, 0.15) is 5.56 Å². The number of carbonyl (C=O) groups excluding carboxylic acids is 3. The van der Waals surface area contributed by atoms with E-state index in [9.17, 15) is 44.1 Å². The number of benzene rings is 1. The first-order chi connectivity index (χ1) is 25.1. The zero-order valence-corrected chi connectivity index (χ0v) is 29.7. The van der Waals surface area contributed by atoms with Crippen LogP contribution in [-0.4, -0.2) is 205 Å². The zero-order valence-electron chi connectivity index (χ0n) is 28.9. The van der Waals surface area contributed by atoms with E-state index in [1.165, 1.54) is 0 Å². The van der Waals surface area contributed by atoms with E-state index in [0.29, 0.717) is 51.2 Å². The summed E-state index contributed by atoms with van der Waals surface area (Å²) in [5, 5.41) is 31.4. The van der Waals surface area contributed by atoms with Crippen molar-refractivity contribution in [1.82, 2.24) is 29.4 Å². The molecule has 2 rings (SSSR count). The van der Waals surface area contributed by atoms with Gasteiger partial charge in [0.25, 0.3) is 19.4 Å². The van der Waals surface area contributed by atoms with Gasteiger partial charge in [0.1, 0.15) is 20.2 Å². The van der Waals surface area contributed by atoms with Crippen LogP contribution in [0.4, 0.5) is 5.69 Å². The Kier molecular flexibility index (Phi) is 21.5. The van der Waals surface area contributed by atoms with Gasteiger partial charge in [-0.1, -0.05) is 12.1 Å². The molecule has 288 valence electrons. The summed E-state index contributed by atoms with van der Waals surface area (Å²) in [5.41, 5.74) is 1.45. The van der Waals surface area contributed by atoms with Crippen LogP contribution in [0.3, 0.4) is 0 Å². The normalized spacial score (nSPS) is 18.9. The minimum Gasteiger partial charge on any atom is -0.480 e. The molecule has 0 radical (unpaired) electrons. The molecule has 1 aromatic carbocycles. The maximum absolute atomic E-state index is 12.1. The zero-order chi connectivity index (χ0) is 38.1. The summed E-state index contributed by atoms with van der Waals surface area (Å²) in [6.07, 6.45) is 0.380. The molecular weight excluding hydrogens is 706 g/mol. The van der Waals surface area contributed by atoms with Crippen molar-refractivity contribution in [3.8, 4) is 0 Å². The summed E-state index contributed by atoms with van der Waals surface area (Å²) >= 11 is 4.70. The van der Waals surface area contributed by atoms with E-state index in [0.717, 1.165) is 5.56 Å². The number of nitrogens with zero attached hydrogens (tertiary/aromatic N) is 7. The number of isothiocyanates is 1. The van der Waals surface area contributed by atoms with Gasteiger partial charge in [-0.2, -0.15) is 4.99 Å². The van der Waals surface area contributed by atoms with Crippen LogP contribution in [0.25, 0.3) is 0 Å². The van der Waals surface area contributed by atoms with Crippen molar-refractivity contribution in [3.63, 3.8) is 0 Å². The number of carboxylic acid groups (broad SMARTS) is 3. The summed E-state index contributed by atoms with van der Waals surface area (Å²) in [6.45, 7) is 2.10. The topological polar surface area (TPSA) is 223 Å². The predicted octanol–water partition coefficient (Wildman–Crippen LogP) is -1.20. The number of carbonyl (C=O) groups is 6. The van der Waals surface area contributed by atoms with Gasteiger partial charge in [-0.25, -0.2) is 0 Å². The minimum absolute atomic E-state index is 0.0868. The van der Waals surface area contributed by atoms with Crippen molar-refractivity contribution < 1.29 is 58.3 Å². The first kappa shape index (κ1) is 43.8. The second-order valence-electron chi connectivity index (χ2n) is 11.9. The molecule has 1 aromatic rings. The van der Waals surface area contributed by atoms with Gasteiger partial charge in [0.15, 0.2) is 0 Å². The van der Waals surface area contributed by atoms with Gasteiger partial charge in [0.2, 0.25) is 0 Å². The molecule has 1 fully saturated rings. The second-order valence-corrected chi connectivity index (χ2v) is 12.1. The number of hydrogen-bond acceptors (Lipinski definition) is 17. The van der Waals surface area contributed by atoms with Crippen molar-refractivity contribution in [1.29, 1.82) is 0 Å². The van der Waals surface area contributed by atoms with Crippen molar-refractivity contribution in [3.05, 3.63) is 29.8 Å². The molecule has 19 nitrogen and oxygen atoms in total. The summed E-state index contributed by atoms with van der Waals surface area (Å²) < 4.78 is 15.3. The Morgan fingerprint density at radius 3 is 1.50 bits per heavy atom. The van der Waals surface area contributed by atoms with Crippen LogP contribution < -0.4 is 0 Å². The lowest BCUT2D eigenvalue weighted by Crippen LogP contribution is -2.52. The lowest BCUT2D eigenvalue weighted by atomic mass is 10.0. The van der Waals surface area contributed by atoms with E-state index in [1.54, 1.807) is 31.7 Å². The highest BCUT2D eigenvalue weighted by Gasteiger charge is 2.26. The fraction of sp³-hybridized carbons (Fsp3) is 0.594. The largest absolute Gasteiger partial charge is 0.480 e. The van der Waals surface area contributed by atoms with E-state index < -0.39 is 23.9 Å². The molecule has 52 heavy (non-hydrogen) atoms. The molecule has 1 atom stereocenters. The Balaban J connectivity index is 2.55. The highest BCUT2D eigenvalue weighted by atomic mass is 32.1. The second kappa shape index (κ2) is 25.5. The van der Waals surface area contributed by atoms with E-state index in [1.807, 2.05) is 21.9 Å². The third kappa shape index (κ3) is 18.7. The third-order valence-corrected chi connectivity index (χ3v) is 8.33. The van der Waals surface area contributed by atoms with Crippen molar-refractivity contribution in [2.45, 2.75) is 12.5 Å². The Bertz CT molecular complexity index is 1320. The van der Waals surface area contributed by atoms with Gasteiger partial charge < -0.3 is 29.5 Å². The van der Waals surface area contributed by atoms with Crippen molar-refractivity contribution in [2.75, 3.05) is 112 Å². The molecule has 0 amide bonds. The standard InChI is InChI=1S/C32H47N7O12S/c40-24-49-21-36-9-7-34(17-30(43)44)5-6-35(18-31(45)46)8-12-38(19-32(47)48)16-29(15-27-1-3-28(4-2-27)33-20-52)39(23-51-26-42)14-13-37(11-10-36)22-50-25-41/h1-4,24-26,29H,5-19,21-23H2,(H,43,44)(H,45,46)(H,47,48). The number of hydrogen-bond donors (Lipinski definition) is 3. The van der Waals surface area contributed by atoms with Crippen LogP contribution in [0.15, 0.2) is 29.3 Å². The molecule has 0 bridgehead atoms. The number of thiocarbonyl (C=S) groups is 1. The first-order valence-electron chi connectivity index (χ1n) is 16.4. The lowest BCUT2D eigenvalue weighted by Gasteiger charge is -2.37. The van der Waals surface area contributed by atoms with Crippen LogP contribution in [0.5, 0.6) is 0 Å². The summed E-state index contributed by atoms with van der Waals surface area (Å²) in [4.78, 5) is 83.5. The predicted molar refractivity (Wildman–Crippen MR) is 187 cm³/mol. The van der Waals surface area contributed by atoms with E-state index in [-0.39, 0.29) is 92.2 Å². The Morgan fingerprint density at radius 1 is 0.654 bits per heavy atom. The van der Waals surface area contributed by atoms with E-state index >= 15 is 0 Å². The van der Waals surface area contributed by atoms with Crippen LogP contribution in [0, 0.1) is 0 Å². The SMILES string of the molecule is O=COCN1CCN(COC=O)CCN(COC=O)C(Cc2ccc(N=C=S)cc2)CN(CC(=O)O)CCN(CC(=O)O)CCN(CC(=O)O)CC1. The average molecular weight is 754 g/mol. The third-order valence-electron chi connectivity index (χ3n) is 8.24. The van der Waals surface area contributed by atoms with Crippen LogP contribution in [-0.2, 0) is 49.4 Å². The smallest absolute Gasteiger partial charge is 0.317 e. The molecule has 20 heteroatoms. The molecule has 0 aromatic heterocycles. The maximum Gasteiger partial charge on any atom is 0.317 e. The monoisotopic (exact) mass is 753 g/mol. The van der Waals surface area contributed by atoms with E-state index in [4.69, 9.17) is 26.4 Å². The maximum atomic E-state index is 12.1. The number of rotatable bonds is 18. The van der Waals surface area contributed by atoms with E-state index in [2.05, 4.69) is 10.2 Å². The number of carboxylic acids is 3. The number of aliphatic imine (C=N–C) groups is 1. The molecule has 1 aliphatic heterocycles. The number of aliphatic carboxylic acids is 3. The molecule has 1 heterocycles. The summed E-state index contributed by atoms with van der Waals surface area (Å²) in [7, 11) is 0. The fourth-order valence-corrected chi connectivity index (χ4v) is 5.73. The van der Waals surface area contributed by atoms with Gasteiger partial charge in [-0.05, 0) is 36.3 Å². The Morgan fingerprint density at radius 2 is 1.06 bits per heavy atom. The lowest BCUT2D eigenvalue weighted by molar-refractivity contribution is -0.141. The Hall–Kier alpha value is -4.40. The molecule has 1 unspecified atom stereocenters. The quantitative estimate of drug-likeness (QED) is 0.0693. The van der Waals surface area contributed by atoms with Crippen LogP contribution in [0.2, 0.25) is 0 Å². The van der Waals surface area contributed by atoms with Crippen molar-refractivity contribution >= 4 is 60.4 Å². The summed E-state index contributed by atoms with van der Waals surface area (Å²) in [6, 6.07) is 6.76. The average Bonchev–Trinajstić information content (AvgIpc) is 3.10. The summed E-state index contributed by atoms with van der Waals surface area (Å²) in [5.74, 6) is -3.28. The highest BCUT2D eigenvalue weighted by Crippen LogP contribution is 2.17. The molecule has 1 aliphatic rings. The molecule has 0 spiro atoms. The van der Waals surface area contributed by atoms with Crippen molar-refractivity contribution in [2.24, 2.45) is 4.99 Å². The molecular formula is C32H47N7O12S. The van der Waals surface area contributed by atoms with Gasteiger partial charge in [-0.15, -0.1) is 0 Å². The highest BCUT2D eigenvalue weighted by molar-refractivity contribution is 7.78. The van der Waals surface area contributed by atoms with Crippen LogP contribution >= 0.6 is 12.2 Å². The number of ether oxygens (including phenoxy) is 3. The molecule has 1 saturated heterocycles. The molecule has 3 N–H and O–H groups in total. The minimum atomic E-state index is -1.10. The first-order valence-corrected chi connectivity index (χ1v) is 16.8. The van der Waals surface area contributed by atoms with Gasteiger partial charge >= 0.3 is 17.9 Å². The molecule has 0 saturated carbocycles. The van der Waals surface area contributed by atoms with Gasteiger partial charge in [0.05, 0.1) is 30.5 Å². The molecule has 0 aliphatic carbocycles. The Labute approximate surface area is 306 Å². The van der Waals surface area contributed by atoms with Gasteiger partial charge in [0, 0.05) is 78.0 Å². The fourth-order valence-electron chi connectivity index (χ4n) is 5.62.